The number of hydrogen-bond donors (Lipinski definition) is 1. The summed E-state index contributed by atoms with van der Waals surface area (Å²) in [6.45, 7) is 1.73. The second kappa shape index (κ2) is 7.08. The Hall–Kier alpha value is -2.88. The molecule has 0 spiro atoms. The molecule has 3 heterocycles. The van der Waals surface area contributed by atoms with E-state index >= 15 is 0 Å². The van der Waals surface area contributed by atoms with Gasteiger partial charge in [-0.2, -0.15) is 5.10 Å². The predicted octanol–water partition coefficient (Wildman–Crippen LogP) is 3.51. The van der Waals surface area contributed by atoms with Crippen molar-refractivity contribution < 1.29 is 22.0 Å². The van der Waals surface area contributed by atoms with E-state index in [-0.39, 0.29) is 29.2 Å². The quantitative estimate of drug-likeness (QED) is 0.662. The zero-order chi connectivity index (χ0) is 21.9. The number of amides is 1. The van der Waals surface area contributed by atoms with Crippen LogP contribution in [0.1, 0.15) is 53.0 Å². The van der Waals surface area contributed by atoms with E-state index in [0.29, 0.717) is 34.8 Å². The number of rotatable bonds is 4. The molecule has 1 aliphatic carbocycles. The summed E-state index contributed by atoms with van der Waals surface area (Å²) in [7, 11) is -3.13. The number of pyridine rings is 1. The van der Waals surface area contributed by atoms with Crippen LogP contribution in [0.4, 0.5) is 14.5 Å². The second-order valence-corrected chi connectivity index (χ2v) is 10.5. The van der Waals surface area contributed by atoms with Crippen molar-refractivity contribution in [1.29, 1.82) is 0 Å². The van der Waals surface area contributed by atoms with Gasteiger partial charge in [0.2, 0.25) is 0 Å². The van der Waals surface area contributed by atoms with Crippen molar-refractivity contribution in [3.8, 4) is 0 Å². The Bertz CT molecular complexity index is 1330. The molecule has 3 aromatic rings. The molecule has 7 nitrogen and oxygen atoms in total. The van der Waals surface area contributed by atoms with Crippen LogP contribution in [0.5, 0.6) is 0 Å². The lowest BCUT2D eigenvalue weighted by atomic mass is 10.1. The zero-order valence-corrected chi connectivity index (χ0v) is 17.5. The maximum atomic E-state index is 14.1. The van der Waals surface area contributed by atoms with Gasteiger partial charge in [-0.05, 0) is 44.4 Å². The number of nitrogens with zero attached hydrogens (tertiary/aromatic N) is 3. The van der Waals surface area contributed by atoms with Gasteiger partial charge in [-0.1, -0.05) is 0 Å². The summed E-state index contributed by atoms with van der Waals surface area (Å²) in [6, 6.07) is 4.30. The Balaban J connectivity index is 1.61. The molecule has 0 bridgehead atoms. The summed E-state index contributed by atoms with van der Waals surface area (Å²) in [4.78, 5) is 17.8. The van der Waals surface area contributed by atoms with Gasteiger partial charge in [0.1, 0.15) is 11.6 Å². The first-order chi connectivity index (χ1) is 14.7. The van der Waals surface area contributed by atoms with E-state index in [4.69, 9.17) is 4.98 Å². The van der Waals surface area contributed by atoms with Gasteiger partial charge < -0.3 is 5.32 Å². The fourth-order valence-electron chi connectivity index (χ4n) is 4.10. The van der Waals surface area contributed by atoms with Crippen molar-refractivity contribution in [2.24, 2.45) is 0 Å². The number of benzene rings is 1. The lowest BCUT2D eigenvalue weighted by Gasteiger charge is -2.12. The van der Waals surface area contributed by atoms with Gasteiger partial charge in [-0.15, -0.1) is 0 Å². The smallest absolute Gasteiger partial charge is 0.256 e. The highest BCUT2D eigenvalue weighted by Crippen LogP contribution is 2.41. The maximum absolute atomic E-state index is 14.1. The second-order valence-electron chi connectivity index (χ2n) is 8.23. The average molecular weight is 446 g/mol. The Morgan fingerprint density at radius 2 is 1.97 bits per heavy atom. The van der Waals surface area contributed by atoms with Crippen LogP contribution in [-0.2, 0) is 9.84 Å². The van der Waals surface area contributed by atoms with Crippen LogP contribution in [0.15, 0.2) is 24.3 Å². The monoisotopic (exact) mass is 446 g/mol. The molecule has 31 heavy (non-hydrogen) atoms. The number of sulfone groups is 1. The van der Waals surface area contributed by atoms with Crippen LogP contribution >= 0.6 is 0 Å². The Kier molecular flexibility index (Phi) is 4.58. The van der Waals surface area contributed by atoms with Gasteiger partial charge in [0.05, 0.1) is 39.9 Å². The minimum atomic E-state index is -3.13. The summed E-state index contributed by atoms with van der Waals surface area (Å²) >= 11 is 0. The maximum Gasteiger partial charge on any atom is 0.256 e. The van der Waals surface area contributed by atoms with Gasteiger partial charge >= 0.3 is 0 Å². The summed E-state index contributed by atoms with van der Waals surface area (Å²) in [5.41, 5.74) is 1.91. The van der Waals surface area contributed by atoms with Crippen LogP contribution in [0, 0.1) is 18.6 Å². The number of halogens is 2. The number of hydrogen-bond acceptors (Lipinski definition) is 5. The van der Waals surface area contributed by atoms with Crippen LogP contribution in [0.25, 0.3) is 11.0 Å². The minimum absolute atomic E-state index is 0.0130. The molecule has 0 unspecified atom stereocenters. The number of nitrogens with one attached hydrogen (secondary N) is 1. The third kappa shape index (κ3) is 3.69. The van der Waals surface area contributed by atoms with Crippen LogP contribution < -0.4 is 5.32 Å². The normalized spacial score (nSPS) is 20.3. The van der Waals surface area contributed by atoms with E-state index < -0.39 is 27.4 Å². The lowest BCUT2D eigenvalue weighted by molar-refractivity contribution is 0.102. The first kappa shape index (κ1) is 20.0. The Morgan fingerprint density at radius 3 is 2.61 bits per heavy atom. The molecule has 1 atom stereocenters. The molecule has 2 aliphatic rings. The zero-order valence-electron chi connectivity index (χ0n) is 16.7. The van der Waals surface area contributed by atoms with E-state index in [9.17, 15) is 22.0 Å². The molecule has 1 N–H and O–H groups in total. The predicted molar refractivity (Wildman–Crippen MR) is 111 cm³/mol. The molecule has 5 rings (SSSR count). The number of aromatic nitrogens is 3. The molecule has 0 radical (unpaired) electrons. The number of anilines is 1. The van der Waals surface area contributed by atoms with E-state index in [0.717, 1.165) is 24.6 Å². The molecule has 10 heteroatoms. The van der Waals surface area contributed by atoms with E-state index in [1.54, 1.807) is 17.7 Å². The highest BCUT2D eigenvalue weighted by molar-refractivity contribution is 7.91. The van der Waals surface area contributed by atoms with E-state index in [1.807, 2.05) is 0 Å². The highest BCUT2D eigenvalue weighted by atomic mass is 32.2. The van der Waals surface area contributed by atoms with Crippen molar-refractivity contribution in [2.45, 2.75) is 38.1 Å². The van der Waals surface area contributed by atoms with Crippen LogP contribution in [0.2, 0.25) is 0 Å². The molecular weight excluding hydrogens is 426 g/mol. The average Bonchev–Trinajstić information content (AvgIpc) is 3.43. The summed E-state index contributed by atoms with van der Waals surface area (Å²) in [5.74, 6) is -1.85. The topological polar surface area (TPSA) is 93.9 Å². The SMILES string of the molecule is Cc1nn([C@@H]2CCS(=O)(=O)C2)c2nc(C3CC3)cc(C(=O)Nc3ccc(F)cc3F)c12. The first-order valence-corrected chi connectivity index (χ1v) is 11.9. The fraction of sp³-hybridized carbons (Fsp3) is 0.381. The van der Waals surface area contributed by atoms with Gasteiger partial charge in [0.25, 0.3) is 5.91 Å². The van der Waals surface area contributed by atoms with Crippen molar-refractivity contribution in [3.63, 3.8) is 0 Å². The molecule has 1 aliphatic heterocycles. The third-order valence-corrected chi connectivity index (χ3v) is 7.58. The van der Waals surface area contributed by atoms with Gasteiger partial charge in [0, 0.05) is 17.7 Å². The molecule has 1 aromatic carbocycles. The number of fused-ring (bicyclic) bond motifs is 1. The molecule has 2 aromatic heterocycles. The number of carbonyl (C=O) groups is 1. The molecular formula is C21H20F2N4O3S. The summed E-state index contributed by atoms with van der Waals surface area (Å²) < 4.78 is 52.9. The number of aryl methyl sites for hydroxylation is 1. The summed E-state index contributed by atoms with van der Waals surface area (Å²) in [5, 5.41) is 7.54. The van der Waals surface area contributed by atoms with Gasteiger partial charge in [0.15, 0.2) is 15.5 Å². The molecule has 1 saturated carbocycles. The summed E-state index contributed by atoms with van der Waals surface area (Å²) in [6.07, 6.45) is 2.35. The highest BCUT2D eigenvalue weighted by Gasteiger charge is 2.34. The van der Waals surface area contributed by atoms with Crippen LogP contribution in [0.3, 0.4) is 0 Å². The van der Waals surface area contributed by atoms with Crippen molar-refractivity contribution in [3.05, 3.63) is 52.9 Å². The van der Waals surface area contributed by atoms with Crippen molar-refractivity contribution in [1.82, 2.24) is 14.8 Å². The Labute approximate surface area is 177 Å². The first-order valence-electron chi connectivity index (χ1n) is 10.1. The van der Waals surface area contributed by atoms with Crippen LogP contribution in [-0.4, -0.2) is 40.6 Å². The third-order valence-electron chi connectivity index (χ3n) is 5.83. The Morgan fingerprint density at radius 1 is 1.19 bits per heavy atom. The molecule has 2 fully saturated rings. The van der Waals surface area contributed by atoms with E-state index in [2.05, 4.69) is 10.4 Å². The van der Waals surface area contributed by atoms with Gasteiger partial charge in [-0.3, -0.25) is 4.79 Å². The van der Waals surface area contributed by atoms with E-state index in [1.165, 1.54) is 6.07 Å². The van der Waals surface area contributed by atoms with Crippen molar-refractivity contribution >= 4 is 32.5 Å². The fourth-order valence-corrected chi connectivity index (χ4v) is 5.80. The molecule has 1 saturated heterocycles. The number of carbonyl (C=O) groups excluding carboxylic acids is 1. The largest absolute Gasteiger partial charge is 0.319 e. The van der Waals surface area contributed by atoms with Gasteiger partial charge in [-0.25, -0.2) is 26.9 Å². The molecule has 1 amide bonds. The lowest BCUT2D eigenvalue weighted by Crippen LogP contribution is -2.16. The van der Waals surface area contributed by atoms with Crippen molar-refractivity contribution in [2.75, 3.05) is 16.8 Å². The standard InChI is InChI=1S/C21H20F2N4O3S/c1-11-19-15(21(28)25-17-5-4-13(22)8-16(17)23)9-18(12-2-3-12)24-20(19)27(26-11)14-6-7-31(29,30)10-14/h4-5,8-9,12,14H,2-3,6-7,10H2,1H3,(H,25,28)/t14-/m1/s1. The minimum Gasteiger partial charge on any atom is -0.319 e. The molecule has 162 valence electrons.